The zero-order valence-electron chi connectivity index (χ0n) is 8.42. The summed E-state index contributed by atoms with van der Waals surface area (Å²) in [6.07, 6.45) is -1.49. The summed E-state index contributed by atoms with van der Waals surface area (Å²) in [5.74, 6) is 0. The molecule has 0 rings (SSSR count). The van der Waals surface area contributed by atoms with Gasteiger partial charge in [0.05, 0.1) is 12.2 Å². The fourth-order valence-electron chi connectivity index (χ4n) is 0.568. The van der Waals surface area contributed by atoms with Crippen molar-refractivity contribution in [3.63, 3.8) is 0 Å². The van der Waals surface area contributed by atoms with Crippen molar-refractivity contribution in [3.05, 3.63) is 0 Å². The molecule has 14 heavy (non-hydrogen) atoms. The van der Waals surface area contributed by atoms with E-state index in [2.05, 4.69) is 8.37 Å². The molecule has 6 nitrogen and oxygen atoms in total. The minimum absolute atomic E-state index is 0.745. The Morgan fingerprint density at radius 3 is 1.07 bits per heavy atom. The molecule has 0 fully saturated rings. The molecule has 86 valence electrons. The van der Waals surface area contributed by atoms with Crippen LogP contribution in [0, 0.1) is 0 Å². The summed E-state index contributed by atoms with van der Waals surface area (Å²) < 4.78 is 52.8. The van der Waals surface area contributed by atoms with Crippen molar-refractivity contribution in [2.45, 2.75) is 39.9 Å². The van der Waals surface area contributed by atoms with Gasteiger partial charge in [-0.3, -0.25) is 8.37 Å². The van der Waals surface area contributed by atoms with Crippen LogP contribution >= 0.6 is 0 Å². The van der Waals surface area contributed by atoms with Crippen LogP contribution in [0.5, 0.6) is 0 Å². The van der Waals surface area contributed by atoms with Gasteiger partial charge in [-0.25, -0.2) is 0 Å². The second-order valence-corrected chi connectivity index (χ2v) is 7.57. The lowest BCUT2D eigenvalue weighted by atomic mass is 10.5. The maximum Gasteiger partial charge on any atom is 0.400 e. The minimum atomic E-state index is -4.70. The summed E-state index contributed by atoms with van der Waals surface area (Å²) in [4.78, 5) is 0. The molecule has 0 aromatic rings. The lowest BCUT2D eigenvalue weighted by molar-refractivity contribution is 0.234. The average molecular weight is 246 g/mol. The zero-order chi connectivity index (χ0) is 11.6. The highest BCUT2D eigenvalue weighted by Gasteiger charge is 2.34. The third kappa shape index (κ3) is 3.91. The topological polar surface area (TPSA) is 86.7 Å². The third-order valence-corrected chi connectivity index (χ3v) is 4.58. The van der Waals surface area contributed by atoms with E-state index in [0.717, 1.165) is 0 Å². The van der Waals surface area contributed by atoms with Crippen molar-refractivity contribution in [1.82, 2.24) is 0 Å². The second kappa shape index (κ2) is 4.56. The predicted octanol–water partition coefficient (Wildman–Crippen LogP) is 0.411. The van der Waals surface area contributed by atoms with Gasteiger partial charge in [0.25, 0.3) is 0 Å². The standard InChI is InChI=1S/C6H14O6S2/c1-5(2)11-13(7,8)14(9,10)12-6(3)4/h5-6H,1-4H3. The summed E-state index contributed by atoms with van der Waals surface area (Å²) >= 11 is 0. The SMILES string of the molecule is CC(C)OS(=O)(=O)S(=O)(=O)OC(C)C. The van der Waals surface area contributed by atoms with Gasteiger partial charge >= 0.3 is 18.3 Å². The molecule has 0 radical (unpaired) electrons. The Hall–Kier alpha value is -0.180. The molecule has 8 heteroatoms. The molecule has 0 aliphatic carbocycles. The molecule has 0 amide bonds. The largest absolute Gasteiger partial charge is 0.400 e. The zero-order valence-corrected chi connectivity index (χ0v) is 10.1. The van der Waals surface area contributed by atoms with Gasteiger partial charge in [-0.05, 0) is 27.7 Å². The molecular formula is C6H14O6S2. The van der Waals surface area contributed by atoms with Crippen molar-refractivity contribution in [1.29, 1.82) is 0 Å². The Morgan fingerprint density at radius 1 is 0.714 bits per heavy atom. The lowest BCUT2D eigenvalue weighted by Gasteiger charge is -2.10. The molecule has 0 aromatic heterocycles. The molecule has 0 bridgehead atoms. The van der Waals surface area contributed by atoms with E-state index in [1.165, 1.54) is 27.7 Å². The van der Waals surface area contributed by atoms with Crippen LogP contribution in [0.2, 0.25) is 0 Å². The Morgan fingerprint density at radius 2 is 0.929 bits per heavy atom. The molecule has 0 saturated carbocycles. The molecule has 0 unspecified atom stereocenters. The second-order valence-electron chi connectivity index (χ2n) is 3.11. The number of hydrogen-bond donors (Lipinski definition) is 0. The Bertz CT molecular complexity index is 325. The van der Waals surface area contributed by atoms with Gasteiger partial charge in [0.15, 0.2) is 0 Å². The first-order valence-electron chi connectivity index (χ1n) is 3.95. The summed E-state index contributed by atoms with van der Waals surface area (Å²) in [7, 11) is -9.41. The highest BCUT2D eigenvalue weighted by atomic mass is 33.2. The number of rotatable bonds is 5. The van der Waals surface area contributed by atoms with E-state index in [0.29, 0.717) is 0 Å². The van der Waals surface area contributed by atoms with Crippen LogP contribution in [0.1, 0.15) is 27.7 Å². The van der Waals surface area contributed by atoms with Crippen molar-refractivity contribution >= 4 is 18.3 Å². The van der Waals surface area contributed by atoms with Crippen LogP contribution in [0.15, 0.2) is 0 Å². The van der Waals surface area contributed by atoms with E-state index in [1.807, 2.05) is 0 Å². The van der Waals surface area contributed by atoms with Gasteiger partial charge in [-0.15, -0.1) is 0 Å². The van der Waals surface area contributed by atoms with E-state index in [9.17, 15) is 16.8 Å². The van der Waals surface area contributed by atoms with Crippen molar-refractivity contribution in [2.75, 3.05) is 0 Å². The van der Waals surface area contributed by atoms with E-state index < -0.39 is 30.5 Å². The first kappa shape index (κ1) is 13.8. The first-order chi connectivity index (χ1) is 6.08. The van der Waals surface area contributed by atoms with Gasteiger partial charge in [0.2, 0.25) is 0 Å². The Kier molecular flexibility index (Phi) is 4.50. The molecule has 0 N–H and O–H groups in total. The summed E-state index contributed by atoms with van der Waals surface area (Å²) in [5.41, 5.74) is 0. The normalized spacial score (nSPS) is 13.9. The Labute approximate surface area is 83.9 Å². The fraction of sp³-hybridized carbons (Fsp3) is 1.00. The van der Waals surface area contributed by atoms with Crippen LogP contribution < -0.4 is 0 Å². The number of hydrogen-bond acceptors (Lipinski definition) is 6. The van der Waals surface area contributed by atoms with Gasteiger partial charge in [-0.2, -0.15) is 16.8 Å². The maximum atomic E-state index is 11.1. The van der Waals surface area contributed by atoms with Crippen LogP contribution in [0.3, 0.4) is 0 Å². The van der Waals surface area contributed by atoms with E-state index in [1.54, 1.807) is 0 Å². The maximum absolute atomic E-state index is 11.1. The van der Waals surface area contributed by atoms with E-state index in [-0.39, 0.29) is 0 Å². The molecular weight excluding hydrogens is 232 g/mol. The van der Waals surface area contributed by atoms with Gasteiger partial charge < -0.3 is 0 Å². The predicted molar refractivity (Wildman–Crippen MR) is 50.3 cm³/mol. The van der Waals surface area contributed by atoms with Crippen LogP contribution in [0.4, 0.5) is 0 Å². The first-order valence-corrected chi connectivity index (χ1v) is 7.28. The molecule has 0 saturated heterocycles. The molecule has 0 aromatic carbocycles. The van der Waals surface area contributed by atoms with Crippen LogP contribution in [-0.2, 0) is 26.7 Å². The highest BCUT2D eigenvalue weighted by molar-refractivity contribution is 8.63. The van der Waals surface area contributed by atoms with E-state index >= 15 is 0 Å². The van der Waals surface area contributed by atoms with Gasteiger partial charge in [-0.1, -0.05) is 0 Å². The monoisotopic (exact) mass is 246 g/mol. The molecule has 0 spiro atoms. The average Bonchev–Trinajstić information content (AvgIpc) is 1.78. The summed E-state index contributed by atoms with van der Waals surface area (Å²) in [6, 6.07) is 0. The smallest absolute Gasteiger partial charge is 0.254 e. The molecule has 0 aliphatic heterocycles. The molecule has 0 aliphatic rings. The van der Waals surface area contributed by atoms with Crippen molar-refractivity contribution < 1.29 is 25.2 Å². The van der Waals surface area contributed by atoms with Crippen LogP contribution in [0.25, 0.3) is 0 Å². The van der Waals surface area contributed by atoms with E-state index in [4.69, 9.17) is 0 Å². The third-order valence-electron chi connectivity index (χ3n) is 0.871. The molecule has 0 heterocycles. The lowest BCUT2D eigenvalue weighted by Crippen LogP contribution is -2.25. The van der Waals surface area contributed by atoms with Crippen molar-refractivity contribution in [3.8, 4) is 0 Å². The molecule has 0 atom stereocenters. The van der Waals surface area contributed by atoms with Crippen molar-refractivity contribution in [2.24, 2.45) is 0 Å². The Balaban J connectivity index is 4.92. The van der Waals surface area contributed by atoms with Gasteiger partial charge in [0, 0.05) is 0 Å². The summed E-state index contributed by atoms with van der Waals surface area (Å²) in [6.45, 7) is 5.62. The van der Waals surface area contributed by atoms with Gasteiger partial charge in [0.1, 0.15) is 0 Å². The highest BCUT2D eigenvalue weighted by Crippen LogP contribution is 2.12. The quantitative estimate of drug-likeness (QED) is 0.653. The van der Waals surface area contributed by atoms with Crippen LogP contribution in [-0.4, -0.2) is 29.0 Å². The fourth-order valence-corrected chi connectivity index (χ4v) is 3.22. The minimum Gasteiger partial charge on any atom is -0.254 e. The summed E-state index contributed by atoms with van der Waals surface area (Å²) in [5, 5.41) is 0.